The van der Waals surface area contributed by atoms with Crippen LogP contribution in [0, 0.1) is 0 Å². The van der Waals surface area contributed by atoms with E-state index in [4.69, 9.17) is 5.73 Å². The maximum atomic E-state index is 12.8. The number of thiophene rings is 1. The summed E-state index contributed by atoms with van der Waals surface area (Å²) in [6.45, 7) is 0.369. The summed E-state index contributed by atoms with van der Waals surface area (Å²) in [7, 11) is -3.45. The average Bonchev–Trinajstić information content (AvgIpc) is 3.16. The van der Waals surface area contributed by atoms with E-state index in [1.807, 2.05) is 18.2 Å². The molecule has 1 fully saturated rings. The molecule has 1 heterocycles. The highest BCUT2D eigenvalue weighted by Gasteiger charge is 2.38. The lowest BCUT2D eigenvalue weighted by atomic mass is 10.2. The minimum absolute atomic E-state index is 0.109. The summed E-state index contributed by atoms with van der Waals surface area (Å²) in [5.74, 6) is 0. The van der Waals surface area contributed by atoms with Crippen LogP contribution in [0.25, 0.3) is 0 Å². The number of halogens is 1. The molecule has 1 aliphatic rings. The first-order valence-corrected chi connectivity index (χ1v) is 9.63. The van der Waals surface area contributed by atoms with Crippen molar-refractivity contribution in [3.63, 3.8) is 0 Å². The molecular weight excluding hydrogens is 372 g/mol. The van der Waals surface area contributed by atoms with Crippen LogP contribution < -0.4 is 5.73 Å². The summed E-state index contributed by atoms with van der Waals surface area (Å²) < 4.78 is 28.4. The highest BCUT2D eigenvalue weighted by Crippen LogP contribution is 2.36. The van der Waals surface area contributed by atoms with Crippen molar-refractivity contribution in [3.8, 4) is 0 Å². The molecule has 1 aromatic carbocycles. The van der Waals surface area contributed by atoms with Crippen LogP contribution in [0.5, 0.6) is 0 Å². The van der Waals surface area contributed by atoms with Crippen LogP contribution >= 0.6 is 27.3 Å². The number of sulfonamides is 1. The molecular formula is C14H15BrN2O2S2. The lowest BCUT2D eigenvalue weighted by Crippen LogP contribution is -2.32. The molecule has 0 aliphatic heterocycles. The van der Waals surface area contributed by atoms with Gasteiger partial charge >= 0.3 is 0 Å². The maximum absolute atomic E-state index is 12.8. The summed E-state index contributed by atoms with van der Waals surface area (Å²) in [6, 6.07) is 10.9. The van der Waals surface area contributed by atoms with Crippen LogP contribution in [0.1, 0.15) is 18.4 Å². The number of benzene rings is 1. The van der Waals surface area contributed by atoms with Gasteiger partial charge in [0.05, 0.1) is 3.79 Å². The van der Waals surface area contributed by atoms with E-state index in [2.05, 4.69) is 15.9 Å². The third-order valence-electron chi connectivity index (χ3n) is 3.36. The van der Waals surface area contributed by atoms with Crippen LogP contribution in [0.4, 0.5) is 5.69 Å². The molecule has 0 atom stereocenters. The van der Waals surface area contributed by atoms with Crippen molar-refractivity contribution in [1.29, 1.82) is 0 Å². The van der Waals surface area contributed by atoms with E-state index < -0.39 is 10.0 Å². The SMILES string of the molecule is Nc1cccc(CN(C2CC2)S(=O)(=O)c2ccc(Br)s2)c1. The molecule has 4 nitrogen and oxygen atoms in total. The smallest absolute Gasteiger partial charge is 0.253 e. The Balaban J connectivity index is 1.91. The van der Waals surface area contributed by atoms with Crippen LogP contribution in [0.15, 0.2) is 44.4 Å². The second kappa shape index (κ2) is 5.72. The molecule has 1 aliphatic carbocycles. The molecule has 0 unspecified atom stereocenters. The zero-order valence-corrected chi connectivity index (χ0v) is 14.4. The van der Waals surface area contributed by atoms with Gasteiger partial charge in [-0.25, -0.2) is 8.42 Å². The number of hydrogen-bond acceptors (Lipinski definition) is 4. The zero-order chi connectivity index (χ0) is 15.0. The summed E-state index contributed by atoms with van der Waals surface area (Å²) in [5.41, 5.74) is 7.35. The maximum Gasteiger partial charge on any atom is 0.253 e. The topological polar surface area (TPSA) is 63.4 Å². The summed E-state index contributed by atoms with van der Waals surface area (Å²) in [6.07, 6.45) is 1.85. The van der Waals surface area contributed by atoms with Gasteiger partial charge in [0, 0.05) is 18.3 Å². The lowest BCUT2D eigenvalue weighted by molar-refractivity contribution is 0.400. The fraction of sp³-hybridized carbons (Fsp3) is 0.286. The van der Waals surface area contributed by atoms with Crippen molar-refractivity contribution >= 4 is 43.0 Å². The first kappa shape index (κ1) is 15.0. The van der Waals surface area contributed by atoms with Crippen molar-refractivity contribution in [2.24, 2.45) is 0 Å². The second-order valence-corrected chi connectivity index (χ2v) is 9.67. The van der Waals surface area contributed by atoms with Gasteiger partial charge in [-0.1, -0.05) is 12.1 Å². The Morgan fingerprint density at radius 1 is 1.29 bits per heavy atom. The van der Waals surface area contributed by atoms with E-state index >= 15 is 0 Å². The first-order valence-electron chi connectivity index (χ1n) is 6.58. The number of hydrogen-bond donors (Lipinski definition) is 1. The van der Waals surface area contributed by atoms with Gasteiger partial charge < -0.3 is 5.73 Å². The average molecular weight is 387 g/mol. The van der Waals surface area contributed by atoms with E-state index in [-0.39, 0.29) is 6.04 Å². The Bertz CT molecular complexity index is 754. The van der Waals surface area contributed by atoms with E-state index in [1.54, 1.807) is 22.5 Å². The Kier molecular flexibility index (Phi) is 4.09. The summed E-state index contributed by atoms with van der Waals surface area (Å²) >= 11 is 4.57. The van der Waals surface area contributed by atoms with Gasteiger partial charge in [0.2, 0.25) is 0 Å². The number of nitrogen functional groups attached to an aromatic ring is 1. The first-order chi connectivity index (χ1) is 9.96. The Morgan fingerprint density at radius 3 is 2.62 bits per heavy atom. The normalized spacial score (nSPS) is 15.5. The van der Waals surface area contributed by atoms with E-state index in [9.17, 15) is 8.42 Å². The monoisotopic (exact) mass is 386 g/mol. The molecule has 0 amide bonds. The molecule has 112 valence electrons. The van der Waals surface area contributed by atoms with Crippen molar-refractivity contribution in [1.82, 2.24) is 4.31 Å². The quantitative estimate of drug-likeness (QED) is 0.800. The minimum Gasteiger partial charge on any atom is -0.399 e. The predicted molar refractivity (Wildman–Crippen MR) is 88.6 cm³/mol. The van der Waals surface area contributed by atoms with E-state index in [0.29, 0.717) is 16.4 Å². The summed E-state index contributed by atoms with van der Waals surface area (Å²) in [4.78, 5) is 0. The standard InChI is InChI=1S/C14H15BrN2O2S2/c15-13-6-7-14(20-13)21(18,19)17(12-4-5-12)9-10-2-1-3-11(16)8-10/h1-3,6-8,12H,4-5,9,16H2. The van der Waals surface area contributed by atoms with E-state index in [0.717, 1.165) is 22.2 Å². The molecule has 21 heavy (non-hydrogen) atoms. The van der Waals surface area contributed by atoms with Gasteiger partial charge in [-0.2, -0.15) is 4.31 Å². The van der Waals surface area contributed by atoms with Crippen molar-refractivity contribution in [3.05, 3.63) is 45.7 Å². The van der Waals surface area contributed by atoms with Gasteiger partial charge in [-0.15, -0.1) is 11.3 Å². The molecule has 1 aromatic heterocycles. The van der Waals surface area contributed by atoms with Crippen LogP contribution in [-0.2, 0) is 16.6 Å². The number of rotatable bonds is 5. The second-order valence-electron chi connectivity index (χ2n) is 5.09. The van der Waals surface area contributed by atoms with Gasteiger partial charge in [0.15, 0.2) is 0 Å². The molecule has 1 saturated carbocycles. The molecule has 0 radical (unpaired) electrons. The van der Waals surface area contributed by atoms with Crippen molar-refractivity contribution < 1.29 is 8.42 Å². The fourth-order valence-corrected chi connectivity index (χ4v) is 6.01. The van der Waals surface area contributed by atoms with Gasteiger partial charge in [0.25, 0.3) is 10.0 Å². The van der Waals surface area contributed by atoms with Crippen LogP contribution in [-0.4, -0.2) is 18.8 Å². The molecule has 2 aromatic rings. The third kappa shape index (κ3) is 3.31. The molecule has 7 heteroatoms. The lowest BCUT2D eigenvalue weighted by Gasteiger charge is -2.21. The Morgan fingerprint density at radius 2 is 2.05 bits per heavy atom. The minimum atomic E-state index is -3.45. The predicted octanol–water partition coefficient (Wildman–Crippen LogP) is 3.45. The molecule has 0 saturated heterocycles. The third-order valence-corrected chi connectivity index (χ3v) is 7.34. The molecule has 3 rings (SSSR count). The van der Waals surface area contributed by atoms with Gasteiger partial charge in [0.1, 0.15) is 4.21 Å². The largest absolute Gasteiger partial charge is 0.399 e. The fourth-order valence-electron chi connectivity index (χ4n) is 2.20. The zero-order valence-electron chi connectivity index (χ0n) is 11.2. The molecule has 0 spiro atoms. The highest BCUT2D eigenvalue weighted by atomic mass is 79.9. The summed E-state index contributed by atoms with van der Waals surface area (Å²) in [5, 5.41) is 0. The van der Waals surface area contributed by atoms with E-state index in [1.165, 1.54) is 11.3 Å². The number of nitrogens with two attached hydrogens (primary N) is 1. The van der Waals surface area contributed by atoms with Crippen LogP contribution in [0.2, 0.25) is 0 Å². The highest BCUT2D eigenvalue weighted by molar-refractivity contribution is 9.11. The van der Waals surface area contributed by atoms with Gasteiger partial charge in [-0.05, 0) is 58.6 Å². The number of anilines is 1. The van der Waals surface area contributed by atoms with Crippen molar-refractivity contribution in [2.75, 3.05) is 5.73 Å². The molecule has 2 N–H and O–H groups in total. The van der Waals surface area contributed by atoms with Crippen molar-refractivity contribution in [2.45, 2.75) is 29.6 Å². The van der Waals surface area contributed by atoms with Gasteiger partial charge in [-0.3, -0.25) is 0 Å². The molecule has 0 bridgehead atoms. The number of nitrogens with zero attached hydrogens (tertiary/aromatic N) is 1. The Hall–Kier alpha value is -0.890. The van der Waals surface area contributed by atoms with Crippen LogP contribution in [0.3, 0.4) is 0 Å². The Labute approximate surface area is 136 Å².